The summed E-state index contributed by atoms with van der Waals surface area (Å²) < 4.78 is 21.2. The van der Waals surface area contributed by atoms with Crippen LogP contribution in [0.5, 0.6) is 0 Å². The molecule has 6 atom stereocenters. The quantitative estimate of drug-likeness (QED) is 0.0276. The van der Waals surface area contributed by atoms with E-state index in [1.54, 1.807) is 20.8 Å². The van der Waals surface area contributed by atoms with Gasteiger partial charge in [-0.15, -0.1) is 0 Å². The smallest absolute Gasteiger partial charge is 0.338 e. The fourth-order valence-electron chi connectivity index (χ4n) is 6.83. The first-order valence-electron chi connectivity index (χ1n) is 24.1. The van der Waals surface area contributed by atoms with E-state index in [9.17, 15) is 62.3 Å². The average molecular weight is 1050 g/mol. The lowest BCUT2D eigenvalue weighted by molar-refractivity contribution is -0.157. The van der Waals surface area contributed by atoms with Crippen molar-refractivity contribution in [2.45, 2.75) is 130 Å². The number of hydrogen-bond acceptors (Lipinski definition) is 17. The van der Waals surface area contributed by atoms with E-state index in [4.69, 9.17) is 18.9 Å². The van der Waals surface area contributed by atoms with E-state index >= 15 is 0 Å². The Labute approximate surface area is 432 Å². The van der Waals surface area contributed by atoms with Gasteiger partial charge in [-0.25, -0.2) is 19.2 Å². The lowest BCUT2D eigenvalue weighted by Gasteiger charge is -2.22. The first-order chi connectivity index (χ1) is 35.6. The van der Waals surface area contributed by atoms with Crippen LogP contribution in [0.4, 0.5) is 11.4 Å². The highest BCUT2D eigenvalue weighted by Crippen LogP contribution is 2.12. The molecule has 0 radical (unpaired) electrons. The van der Waals surface area contributed by atoms with Crippen molar-refractivity contribution in [3.63, 3.8) is 0 Å². The topological polar surface area (TPSA) is 341 Å². The summed E-state index contributed by atoms with van der Waals surface area (Å²) in [7, 11) is 2.37. The molecular formula is C50H68N8O17. The van der Waals surface area contributed by atoms with Crippen LogP contribution in [-0.4, -0.2) is 119 Å². The number of methoxy groups -OCH3 is 2. The number of esters is 5. The molecule has 2 aromatic rings. The Balaban J connectivity index is 2.06. The Hall–Kier alpha value is -8.25. The second-order valence-corrected chi connectivity index (χ2v) is 17.0. The summed E-state index contributed by atoms with van der Waals surface area (Å²) >= 11 is 0. The zero-order valence-electron chi connectivity index (χ0n) is 43.4. The molecule has 2 heterocycles. The van der Waals surface area contributed by atoms with Crippen molar-refractivity contribution >= 4 is 76.7 Å². The molecular weight excluding hydrogens is 985 g/mol. The number of allylic oxidation sites excluding steroid dienone is 2. The molecule has 6 N–H and O–H groups in total. The van der Waals surface area contributed by atoms with Gasteiger partial charge in [0.2, 0.25) is 35.4 Å². The van der Waals surface area contributed by atoms with Crippen molar-refractivity contribution < 1.29 is 71.7 Å². The van der Waals surface area contributed by atoms with E-state index in [-0.39, 0.29) is 55.5 Å². The molecule has 0 aromatic carbocycles. The molecule has 410 valence electrons. The van der Waals surface area contributed by atoms with Crippen LogP contribution < -0.4 is 43.0 Å². The molecule has 0 saturated carbocycles. The maximum absolute atomic E-state index is 13.5. The summed E-state index contributed by atoms with van der Waals surface area (Å²) in [6.07, 6.45) is 7.01. The Morgan fingerprint density at radius 2 is 1.04 bits per heavy atom. The van der Waals surface area contributed by atoms with Crippen LogP contribution in [0.1, 0.15) is 92.9 Å². The van der Waals surface area contributed by atoms with Crippen LogP contribution >= 0.6 is 0 Å². The largest absolute Gasteiger partial charge is 0.467 e. The van der Waals surface area contributed by atoms with Gasteiger partial charge in [0.15, 0.2) is 0 Å². The minimum atomic E-state index is -1.34. The molecule has 1 unspecified atom stereocenters. The summed E-state index contributed by atoms with van der Waals surface area (Å²) in [5, 5.41) is 14.9. The van der Waals surface area contributed by atoms with Gasteiger partial charge in [-0.3, -0.25) is 43.2 Å². The number of nitrogens with zero attached hydrogens (tertiary/aromatic N) is 2. The third-order valence-corrected chi connectivity index (χ3v) is 11.3. The van der Waals surface area contributed by atoms with Crippen molar-refractivity contribution in [3.05, 3.63) is 81.7 Å². The molecule has 6 amide bonds. The SMILES string of the molecule is CCOC(=O)/C=C/CC[C@H](NC(=O)CCC(=O)OC(=O)C=CCCC(NC(C)=O)C(=O)Nc1cccn(CC(=O)N[C@H](C(=O)OC)[C@H](C)CC)c1=O)C(=O)Nc1cccn(CC(=O)N[C@H](C(=O)OC)[C@H](C)CC)c1=O. The lowest BCUT2D eigenvalue weighted by Crippen LogP contribution is -2.47. The fourth-order valence-corrected chi connectivity index (χ4v) is 6.83. The van der Waals surface area contributed by atoms with Gasteiger partial charge in [-0.1, -0.05) is 52.7 Å². The second-order valence-electron chi connectivity index (χ2n) is 17.0. The third-order valence-electron chi connectivity index (χ3n) is 11.3. The van der Waals surface area contributed by atoms with Gasteiger partial charge in [0.25, 0.3) is 11.1 Å². The van der Waals surface area contributed by atoms with Gasteiger partial charge in [0.1, 0.15) is 48.6 Å². The van der Waals surface area contributed by atoms with Crippen LogP contribution in [0.15, 0.2) is 70.6 Å². The molecule has 0 aliphatic rings. The maximum atomic E-state index is 13.5. The highest BCUT2D eigenvalue weighted by molar-refractivity contribution is 5.98. The van der Waals surface area contributed by atoms with Crippen molar-refractivity contribution in [2.75, 3.05) is 31.5 Å². The Bertz CT molecular complexity index is 2550. The molecule has 2 rings (SSSR count). The van der Waals surface area contributed by atoms with Crippen LogP contribution in [0.3, 0.4) is 0 Å². The molecule has 0 aliphatic carbocycles. The molecule has 0 bridgehead atoms. The average Bonchev–Trinajstić information content (AvgIpc) is 3.37. The van der Waals surface area contributed by atoms with Crippen LogP contribution in [0.2, 0.25) is 0 Å². The zero-order chi connectivity index (χ0) is 56.2. The second kappa shape index (κ2) is 32.7. The molecule has 0 spiro atoms. The van der Waals surface area contributed by atoms with E-state index in [0.29, 0.717) is 12.8 Å². The van der Waals surface area contributed by atoms with Crippen LogP contribution in [0, 0.1) is 11.8 Å². The predicted molar refractivity (Wildman–Crippen MR) is 269 cm³/mol. The zero-order valence-corrected chi connectivity index (χ0v) is 43.4. The highest BCUT2D eigenvalue weighted by atomic mass is 16.6. The van der Waals surface area contributed by atoms with Crippen LogP contribution in [-0.2, 0) is 84.8 Å². The molecule has 0 fully saturated rings. The third kappa shape index (κ3) is 22.2. The van der Waals surface area contributed by atoms with E-state index in [2.05, 4.69) is 31.9 Å². The summed E-state index contributed by atoms with van der Waals surface area (Å²) in [4.78, 5) is 165. The molecule has 0 aliphatic heterocycles. The monoisotopic (exact) mass is 1050 g/mol. The number of carbonyl (C=O) groups excluding carboxylic acids is 11. The minimum Gasteiger partial charge on any atom is -0.467 e. The highest BCUT2D eigenvalue weighted by Gasteiger charge is 2.29. The first kappa shape index (κ1) is 62.9. The van der Waals surface area contributed by atoms with Gasteiger partial charge in [0, 0.05) is 37.9 Å². The number of ether oxygens (including phenoxy) is 4. The molecule has 25 heteroatoms. The fraction of sp³-hybridized carbons (Fsp3) is 0.500. The van der Waals surface area contributed by atoms with Gasteiger partial charge < -0.3 is 60.0 Å². The van der Waals surface area contributed by atoms with E-state index in [0.717, 1.165) is 28.2 Å². The van der Waals surface area contributed by atoms with Crippen molar-refractivity contribution in [2.24, 2.45) is 11.8 Å². The van der Waals surface area contributed by atoms with Gasteiger partial charge in [-0.2, -0.15) is 0 Å². The maximum Gasteiger partial charge on any atom is 0.338 e. The summed E-state index contributed by atoms with van der Waals surface area (Å²) in [6, 6.07) is 0.853. The van der Waals surface area contributed by atoms with E-state index in [1.807, 2.05) is 13.8 Å². The number of anilines is 2. The van der Waals surface area contributed by atoms with Gasteiger partial charge in [0.05, 0.1) is 27.2 Å². The number of amides is 6. The van der Waals surface area contributed by atoms with Crippen molar-refractivity contribution in [1.82, 2.24) is 30.4 Å². The number of nitrogens with one attached hydrogen (secondary N) is 6. The Morgan fingerprint density at radius 1 is 0.600 bits per heavy atom. The van der Waals surface area contributed by atoms with E-state index in [1.165, 1.54) is 63.0 Å². The van der Waals surface area contributed by atoms with Gasteiger partial charge >= 0.3 is 29.8 Å². The van der Waals surface area contributed by atoms with Crippen LogP contribution in [0.25, 0.3) is 0 Å². The predicted octanol–water partition coefficient (Wildman–Crippen LogP) is 1.07. The van der Waals surface area contributed by atoms with Crippen molar-refractivity contribution in [1.29, 1.82) is 0 Å². The molecule has 25 nitrogen and oxygen atoms in total. The molecule has 2 aromatic heterocycles. The molecule has 0 saturated heterocycles. The van der Waals surface area contributed by atoms with Crippen molar-refractivity contribution in [3.8, 4) is 0 Å². The number of rotatable bonds is 30. The normalized spacial score (nSPS) is 13.4. The summed E-state index contributed by atoms with van der Waals surface area (Å²) in [5.74, 6) is -9.21. The lowest BCUT2D eigenvalue weighted by atomic mass is 9.99. The summed E-state index contributed by atoms with van der Waals surface area (Å²) in [6.45, 7) is 9.01. The summed E-state index contributed by atoms with van der Waals surface area (Å²) in [5.41, 5.74) is -2.04. The Morgan fingerprint density at radius 3 is 1.45 bits per heavy atom. The number of carbonyl (C=O) groups is 11. The standard InChI is InChI=1S/C50H68N8O17/c1-9-30(4)43(49(70)72-7)55-38(61)28-57-26-16-20-35(47(57)68)53-45(66)33(51-32(6)59)18-13-15-23-41(64)75-42(65)25-24-37(60)52-34(19-12-14-22-40(63)74-11-3)46(67)54-36-21-17-27-58(48(36)69)29-39(62)56-44(31(5)10-2)50(71)73-8/h14-17,20-23,26-27,30-31,33-34,43-44H,9-13,18-19,24-25,28-29H2,1-8H3,(H,51,59)(H,52,60)(H,53,66)(H,54,67)(H,55,61)(H,56,62)/b22-14+,23-15?/t30-,31-,33?,34+,43+,44+/m1/s1. The number of hydrogen-bond donors (Lipinski definition) is 6. The van der Waals surface area contributed by atoms with E-state index < -0.39 is 127 Å². The minimum absolute atomic E-state index is 0.0266. The number of pyridine rings is 2. The van der Waals surface area contributed by atoms with Gasteiger partial charge in [-0.05, 0) is 68.7 Å². The number of aromatic nitrogens is 2. The first-order valence-corrected chi connectivity index (χ1v) is 24.1. The molecule has 75 heavy (non-hydrogen) atoms. The Kier molecular flexibility index (Phi) is 27.4.